The molecule has 7 nitrogen and oxygen atoms in total. The number of piperidine rings is 1. The maximum absolute atomic E-state index is 12.8. The van der Waals surface area contributed by atoms with Crippen molar-refractivity contribution in [2.45, 2.75) is 44.9 Å². The third kappa shape index (κ3) is 5.43. The SMILES string of the molecule is CCCNc1ccc(S(=O)(=O)N(CC)CC)cc1NC(=O)C1CCCNC1. The summed E-state index contributed by atoms with van der Waals surface area (Å²) in [5.74, 6) is -0.167. The molecular weight excluding hydrogens is 364 g/mol. The molecule has 1 saturated heterocycles. The van der Waals surface area contributed by atoms with Crippen LogP contribution in [-0.4, -0.2) is 51.4 Å². The van der Waals surface area contributed by atoms with Crippen molar-refractivity contribution in [1.29, 1.82) is 0 Å². The number of amides is 1. The average Bonchev–Trinajstić information content (AvgIpc) is 2.68. The van der Waals surface area contributed by atoms with Gasteiger partial charge < -0.3 is 16.0 Å². The van der Waals surface area contributed by atoms with Crippen molar-refractivity contribution in [1.82, 2.24) is 9.62 Å². The molecule has 152 valence electrons. The van der Waals surface area contributed by atoms with Crippen LogP contribution in [0, 0.1) is 5.92 Å². The number of carbonyl (C=O) groups is 1. The summed E-state index contributed by atoms with van der Waals surface area (Å²) in [6.07, 6.45) is 2.74. The van der Waals surface area contributed by atoms with Gasteiger partial charge in [-0.1, -0.05) is 20.8 Å². The Kier molecular flexibility index (Phi) is 8.07. The molecule has 1 unspecified atom stereocenters. The van der Waals surface area contributed by atoms with Crippen LogP contribution in [0.5, 0.6) is 0 Å². The second-order valence-electron chi connectivity index (χ2n) is 6.76. The van der Waals surface area contributed by atoms with E-state index in [1.165, 1.54) is 4.31 Å². The van der Waals surface area contributed by atoms with Gasteiger partial charge in [-0.15, -0.1) is 0 Å². The standard InChI is InChI=1S/C19H32N4O3S/c1-4-11-21-17-10-9-16(27(25,26)23(5-2)6-3)13-18(17)22-19(24)15-8-7-12-20-14-15/h9-10,13,15,20-21H,4-8,11-12,14H2,1-3H3,(H,22,24). The molecule has 0 aliphatic carbocycles. The summed E-state index contributed by atoms with van der Waals surface area (Å²) in [6, 6.07) is 4.91. The first-order valence-electron chi connectivity index (χ1n) is 9.83. The molecule has 1 aliphatic heterocycles. The van der Waals surface area contributed by atoms with Crippen LogP contribution >= 0.6 is 0 Å². The van der Waals surface area contributed by atoms with E-state index in [0.29, 0.717) is 25.3 Å². The van der Waals surface area contributed by atoms with E-state index in [0.717, 1.165) is 38.0 Å². The first-order chi connectivity index (χ1) is 12.9. The number of nitrogens with zero attached hydrogens (tertiary/aromatic N) is 1. The van der Waals surface area contributed by atoms with Gasteiger partial charge in [0.25, 0.3) is 0 Å². The van der Waals surface area contributed by atoms with Crippen LogP contribution in [0.3, 0.4) is 0 Å². The lowest BCUT2D eigenvalue weighted by atomic mass is 9.99. The van der Waals surface area contributed by atoms with Gasteiger partial charge in [0.15, 0.2) is 0 Å². The Morgan fingerprint density at radius 1 is 1.22 bits per heavy atom. The number of anilines is 2. The van der Waals surface area contributed by atoms with Crippen LogP contribution in [0.15, 0.2) is 23.1 Å². The molecule has 1 fully saturated rings. The number of benzene rings is 1. The molecule has 1 heterocycles. The van der Waals surface area contributed by atoms with Crippen molar-refractivity contribution >= 4 is 27.3 Å². The third-order valence-corrected chi connectivity index (χ3v) is 6.87. The minimum absolute atomic E-state index is 0.0702. The molecule has 1 atom stereocenters. The van der Waals surface area contributed by atoms with E-state index in [4.69, 9.17) is 0 Å². The smallest absolute Gasteiger partial charge is 0.243 e. The summed E-state index contributed by atoms with van der Waals surface area (Å²) in [5, 5.41) is 9.46. The molecule has 0 radical (unpaired) electrons. The van der Waals surface area contributed by atoms with Gasteiger partial charge in [-0.2, -0.15) is 4.31 Å². The topological polar surface area (TPSA) is 90.5 Å². The molecule has 1 amide bonds. The molecule has 3 N–H and O–H groups in total. The molecule has 0 spiro atoms. The highest BCUT2D eigenvalue weighted by molar-refractivity contribution is 7.89. The summed E-state index contributed by atoms with van der Waals surface area (Å²) >= 11 is 0. The molecular formula is C19H32N4O3S. The van der Waals surface area contributed by atoms with E-state index >= 15 is 0 Å². The Morgan fingerprint density at radius 3 is 2.56 bits per heavy atom. The molecule has 1 aliphatic rings. The van der Waals surface area contributed by atoms with Gasteiger partial charge in [0, 0.05) is 26.2 Å². The van der Waals surface area contributed by atoms with E-state index in [2.05, 4.69) is 22.9 Å². The summed E-state index contributed by atoms with van der Waals surface area (Å²) in [5.41, 5.74) is 1.26. The minimum atomic E-state index is -3.58. The fourth-order valence-electron chi connectivity index (χ4n) is 3.22. The maximum atomic E-state index is 12.8. The van der Waals surface area contributed by atoms with Gasteiger partial charge in [0.05, 0.1) is 22.2 Å². The normalized spacial score (nSPS) is 17.7. The molecule has 1 aromatic rings. The molecule has 0 bridgehead atoms. The molecule has 1 aromatic carbocycles. The van der Waals surface area contributed by atoms with Gasteiger partial charge >= 0.3 is 0 Å². The Morgan fingerprint density at radius 2 is 1.96 bits per heavy atom. The zero-order valence-corrected chi connectivity index (χ0v) is 17.4. The molecule has 27 heavy (non-hydrogen) atoms. The summed E-state index contributed by atoms with van der Waals surface area (Å²) in [6.45, 7) is 8.84. The lowest BCUT2D eigenvalue weighted by Crippen LogP contribution is -2.37. The second kappa shape index (κ2) is 10.1. The monoisotopic (exact) mass is 396 g/mol. The van der Waals surface area contributed by atoms with Crippen LogP contribution in [-0.2, 0) is 14.8 Å². The summed E-state index contributed by atoms with van der Waals surface area (Å²) < 4.78 is 27.1. The predicted octanol–water partition coefficient (Wildman–Crippen LogP) is 2.48. The first-order valence-corrected chi connectivity index (χ1v) is 11.3. The van der Waals surface area contributed by atoms with E-state index in [1.807, 2.05) is 13.8 Å². The Hall–Kier alpha value is -1.64. The molecule has 2 rings (SSSR count). The van der Waals surface area contributed by atoms with E-state index in [9.17, 15) is 13.2 Å². The molecule has 0 saturated carbocycles. The number of carbonyl (C=O) groups excluding carboxylic acids is 1. The zero-order valence-electron chi connectivity index (χ0n) is 16.5. The highest BCUT2D eigenvalue weighted by Crippen LogP contribution is 2.28. The minimum Gasteiger partial charge on any atom is -0.383 e. The fraction of sp³-hybridized carbons (Fsp3) is 0.632. The highest BCUT2D eigenvalue weighted by atomic mass is 32.2. The zero-order chi connectivity index (χ0) is 19.9. The van der Waals surface area contributed by atoms with Gasteiger partial charge in [-0.05, 0) is 44.0 Å². The van der Waals surface area contributed by atoms with Gasteiger partial charge in [0.1, 0.15) is 0 Å². The van der Waals surface area contributed by atoms with E-state index < -0.39 is 10.0 Å². The van der Waals surface area contributed by atoms with Crippen LogP contribution < -0.4 is 16.0 Å². The molecule has 0 aromatic heterocycles. The lowest BCUT2D eigenvalue weighted by molar-refractivity contribution is -0.120. The molecule has 8 heteroatoms. The Balaban J connectivity index is 2.32. The maximum Gasteiger partial charge on any atom is 0.243 e. The van der Waals surface area contributed by atoms with E-state index in [1.54, 1.807) is 18.2 Å². The van der Waals surface area contributed by atoms with Gasteiger partial charge in [-0.25, -0.2) is 8.42 Å². The number of hydrogen-bond acceptors (Lipinski definition) is 5. The summed E-state index contributed by atoms with van der Waals surface area (Å²) in [4.78, 5) is 12.9. The van der Waals surface area contributed by atoms with Crippen LogP contribution in [0.2, 0.25) is 0 Å². The largest absolute Gasteiger partial charge is 0.383 e. The van der Waals surface area contributed by atoms with Gasteiger partial charge in [-0.3, -0.25) is 4.79 Å². The quantitative estimate of drug-likeness (QED) is 0.597. The Bertz CT molecular complexity index is 726. The third-order valence-electron chi connectivity index (χ3n) is 4.83. The Labute approximate surface area is 163 Å². The number of hydrogen-bond donors (Lipinski definition) is 3. The highest BCUT2D eigenvalue weighted by Gasteiger charge is 2.25. The number of sulfonamides is 1. The van der Waals surface area contributed by atoms with Crippen LogP contribution in [0.25, 0.3) is 0 Å². The predicted molar refractivity (Wildman–Crippen MR) is 110 cm³/mol. The average molecular weight is 397 g/mol. The van der Waals surface area contributed by atoms with Crippen molar-refractivity contribution in [3.63, 3.8) is 0 Å². The second-order valence-corrected chi connectivity index (χ2v) is 8.69. The van der Waals surface area contributed by atoms with Crippen molar-refractivity contribution in [3.8, 4) is 0 Å². The first kappa shape index (κ1) is 21.7. The summed E-state index contributed by atoms with van der Waals surface area (Å²) in [7, 11) is -3.58. The van der Waals surface area contributed by atoms with Gasteiger partial charge in [0.2, 0.25) is 15.9 Å². The van der Waals surface area contributed by atoms with Crippen LogP contribution in [0.1, 0.15) is 40.0 Å². The van der Waals surface area contributed by atoms with Crippen molar-refractivity contribution in [2.24, 2.45) is 5.92 Å². The van der Waals surface area contributed by atoms with E-state index in [-0.39, 0.29) is 16.7 Å². The van der Waals surface area contributed by atoms with Crippen molar-refractivity contribution in [3.05, 3.63) is 18.2 Å². The number of nitrogens with one attached hydrogen (secondary N) is 3. The van der Waals surface area contributed by atoms with Crippen molar-refractivity contribution < 1.29 is 13.2 Å². The van der Waals surface area contributed by atoms with Crippen LogP contribution in [0.4, 0.5) is 11.4 Å². The van der Waals surface area contributed by atoms with Crippen molar-refractivity contribution in [2.75, 3.05) is 43.4 Å². The number of rotatable bonds is 9. The fourth-order valence-corrected chi connectivity index (χ4v) is 4.71. The lowest BCUT2D eigenvalue weighted by Gasteiger charge is -2.23.